The van der Waals surface area contributed by atoms with Crippen LogP contribution in [-0.4, -0.2) is 46.5 Å². The van der Waals surface area contributed by atoms with Crippen LogP contribution in [-0.2, 0) is 10.0 Å². The lowest BCUT2D eigenvalue weighted by Crippen LogP contribution is -2.41. The third-order valence-corrected chi connectivity index (χ3v) is 4.59. The molecular formula is C14H21F2N3O4S. The molecule has 10 heteroatoms. The molecule has 1 rings (SSSR count). The number of hydrogen-bond donors (Lipinski definition) is 3. The van der Waals surface area contributed by atoms with Crippen LogP contribution in [0.1, 0.15) is 24.2 Å². The number of methoxy groups -OCH3 is 1. The van der Waals surface area contributed by atoms with Gasteiger partial charge in [0, 0.05) is 11.6 Å². The normalized spacial score (nSPS) is 12.3. The zero-order valence-corrected chi connectivity index (χ0v) is 14.4. The first-order chi connectivity index (χ1) is 11.0. The van der Waals surface area contributed by atoms with Gasteiger partial charge in [0.25, 0.3) is 11.8 Å². The number of benzene rings is 1. The Hall–Kier alpha value is -1.78. The second kappa shape index (κ2) is 7.86. The number of nitrogens with two attached hydrogens (primary N) is 1. The number of rotatable bonds is 8. The lowest BCUT2D eigenvalue weighted by atomic mass is 10.2. The molecule has 0 unspecified atom stereocenters. The predicted molar refractivity (Wildman–Crippen MR) is 84.8 cm³/mol. The van der Waals surface area contributed by atoms with Gasteiger partial charge in [0.15, 0.2) is 0 Å². The number of halogens is 2. The van der Waals surface area contributed by atoms with Gasteiger partial charge in [-0.2, -0.15) is 0 Å². The maximum absolute atomic E-state index is 13.1. The molecule has 0 atom stereocenters. The van der Waals surface area contributed by atoms with Crippen molar-refractivity contribution < 1.29 is 26.7 Å². The topological polar surface area (TPSA) is 111 Å². The fraction of sp³-hybridized carbons (Fsp3) is 0.500. The molecule has 1 aromatic carbocycles. The quantitative estimate of drug-likeness (QED) is 0.628. The molecule has 0 aromatic heterocycles. The van der Waals surface area contributed by atoms with E-state index in [4.69, 9.17) is 10.5 Å². The SMILES string of the molecule is COc1ccc(C(=O)NCC(F)(F)CN)cc1S(=O)(=O)NC(C)C. The van der Waals surface area contributed by atoms with Gasteiger partial charge in [0.2, 0.25) is 10.0 Å². The van der Waals surface area contributed by atoms with E-state index < -0.39 is 34.9 Å². The first-order valence-electron chi connectivity index (χ1n) is 7.09. The highest BCUT2D eigenvalue weighted by atomic mass is 32.2. The summed E-state index contributed by atoms with van der Waals surface area (Å²) in [4.78, 5) is 11.7. The molecule has 0 heterocycles. The van der Waals surface area contributed by atoms with E-state index in [2.05, 4.69) is 4.72 Å². The van der Waals surface area contributed by atoms with Crippen molar-refractivity contribution in [3.8, 4) is 5.75 Å². The van der Waals surface area contributed by atoms with Crippen molar-refractivity contribution in [2.45, 2.75) is 30.7 Å². The molecule has 1 amide bonds. The minimum absolute atomic E-state index is 0.0342. The summed E-state index contributed by atoms with van der Waals surface area (Å²) in [6, 6.07) is 3.26. The Balaban J connectivity index is 3.12. The van der Waals surface area contributed by atoms with Crippen molar-refractivity contribution >= 4 is 15.9 Å². The molecule has 24 heavy (non-hydrogen) atoms. The van der Waals surface area contributed by atoms with Crippen molar-refractivity contribution in [1.29, 1.82) is 0 Å². The molecule has 0 spiro atoms. The van der Waals surface area contributed by atoms with Crippen LogP contribution < -0.4 is 20.5 Å². The summed E-state index contributed by atoms with van der Waals surface area (Å²) < 4.78 is 58.1. The second-order valence-electron chi connectivity index (χ2n) is 5.38. The molecule has 136 valence electrons. The number of carbonyl (C=O) groups excluding carboxylic acids is 1. The number of nitrogens with one attached hydrogen (secondary N) is 2. The molecule has 7 nitrogen and oxygen atoms in total. The smallest absolute Gasteiger partial charge is 0.277 e. The summed E-state index contributed by atoms with van der Waals surface area (Å²) in [5, 5.41) is 2.02. The van der Waals surface area contributed by atoms with E-state index in [9.17, 15) is 22.0 Å². The lowest BCUT2D eigenvalue weighted by molar-refractivity contribution is 0.0118. The number of ether oxygens (including phenoxy) is 1. The molecule has 0 aliphatic carbocycles. The Labute approximate surface area is 139 Å². The molecule has 0 saturated heterocycles. The zero-order chi connectivity index (χ0) is 18.5. The zero-order valence-electron chi connectivity index (χ0n) is 13.6. The molecular weight excluding hydrogens is 344 g/mol. The molecule has 1 aromatic rings. The highest BCUT2D eigenvalue weighted by molar-refractivity contribution is 7.89. The summed E-state index contributed by atoms with van der Waals surface area (Å²) >= 11 is 0. The van der Waals surface area contributed by atoms with Crippen molar-refractivity contribution in [3.63, 3.8) is 0 Å². The van der Waals surface area contributed by atoms with Gasteiger partial charge in [-0.05, 0) is 32.0 Å². The highest BCUT2D eigenvalue weighted by Crippen LogP contribution is 2.25. The van der Waals surface area contributed by atoms with Gasteiger partial charge in [0.05, 0.1) is 20.2 Å². The molecule has 0 radical (unpaired) electrons. The Kier molecular flexibility index (Phi) is 6.64. The van der Waals surface area contributed by atoms with Crippen LogP contribution in [0.2, 0.25) is 0 Å². The second-order valence-corrected chi connectivity index (χ2v) is 7.07. The van der Waals surface area contributed by atoms with Gasteiger partial charge in [-0.1, -0.05) is 0 Å². The van der Waals surface area contributed by atoms with Crippen LogP contribution in [0.5, 0.6) is 5.75 Å². The lowest BCUT2D eigenvalue weighted by Gasteiger charge is -2.16. The van der Waals surface area contributed by atoms with Crippen LogP contribution >= 0.6 is 0 Å². The molecule has 0 fully saturated rings. The standard InChI is InChI=1S/C14H21F2N3O4S/c1-9(2)19-24(21,22)12-6-10(4-5-11(12)23-3)13(20)18-8-14(15,16)7-17/h4-6,9,19H,7-8,17H2,1-3H3,(H,18,20). The van der Waals surface area contributed by atoms with Crippen LogP contribution in [0, 0.1) is 0 Å². The maximum Gasteiger partial charge on any atom is 0.277 e. The van der Waals surface area contributed by atoms with E-state index >= 15 is 0 Å². The van der Waals surface area contributed by atoms with Crippen LogP contribution in [0.3, 0.4) is 0 Å². The van der Waals surface area contributed by atoms with Crippen molar-refractivity contribution in [3.05, 3.63) is 23.8 Å². The van der Waals surface area contributed by atoms with Gasteiger partial charge in [-0.15, -0.1) is 0 Å². The van der Waals surface area contributed by atoms with E-state index in [-0.39, 0.29) is 22.3 Å². The highest BCUT2D eigenvalue weighted by Gasteiger charge is 2.28. The third-order valence-electron chi connectivity index (χ3n) is 2.91. The van der Waals surface area contributed by atoms with E-state index in [0.29, 0.717) is 0 Å². The predicted octanol–water partition coefficient (Wildman–Crippen LogP) is 0.706. The minimum atomic E-state index is -3.93. The Bertz CT molecular complexity index is 693. The Morgan fingerprint density at radius 1 is 1.38 bits per heavy atom. The number of amides is 1. The number of carbonyl (C=O) groups is 1. The van der Waals surface area contributed by atoms with Gasteiger partial charge in [-0.25, -0.2) is 21.9 Å². The van der Waals surface area contributed by atoms with Crippen molar-refractivity contribution in [2.75, 3.05) is 20.2 Å². The number of alkyl halides is 2. The molecule has 0 aliphatic rings. The van der Waals surface area contributed by atoms with E-state index in [1.165, 1.54) is 19.2 Å². The van der Waals surface area contributed by atoms with Gasteiger partial charge < -0.3 is 15.8 Å². The minimum Gasteiger partial charge on any atom is -0.495 e. The van der Waals surface area contributed by atoms with Gasteiger partial charge in [0.1, 0.15) is 10.6 Å². The Morgan fingerprint density at radius 2 is 2.00 bits per heavy atom. The number of hydrogen-bond acceptors (Lipinski definition) is 5. The van der Waals surface area contributed by atoms with Crippen molar-refractivity contribution in [1.82, 2.24) is 10.0 Å². The van der Waals surface area contributed by atoms with E-state index in [0.717, 1.165) is 6.07 Å². The van der Waals surface area contributed by atoms with Crippen LogP contribution in [0.4, 0.5) is 8.78 Å². The monoisotopic (exact) mass is 365 g/mol. The summed E-state index contributed by atoms with van der Waals surface area (Å²) in [6.07, 6.45) is 0. The van der Waals surface area contributed by atoms with E-state index in [1.54, 1.807) is 13.8 Å². The van der Waals surface area contributed by atoms with Crippen LogP contribution in [0.15, 0.2) is 23.1 Å². The van der Waals surface area contributed by atoms with Crippen molar-refractivity contribution in [2.24, 2.45) is 5.73 Å². The van der Waals surface area contributed by atoms with E-state index in [1.807, 2.05) is 5.32 Å². The fourth-order valence-corrected chi connectivity index (χ4v) is 3.23. The molecule has 0 saturated carbocycles. The van der Waals surface area contributed by atoms with Gasteiger partial charge >= 0.3 is 0 Å². The first kappa shape index (κ1) is 20.3. The van der Waals surface area contributed by atoms with Gasteiger partial charge in [-0.3, -0.25) is 4.79 Å². The average molecular weight is 365 g/mol. The third kappa shape index (κ3) is 5.39. The summed E-state index contributed by atoms with van der Waals surface area (Å²) in [7, 11) is -2.65. The largest absolute Gasteiger partial charge is 0.495 e. The number of sulfonamides is 1. The molecule has 0 bridgehead atoms. The molecule has 0 aliphatic heterocycles. The van der Waals surface area contributed by atoms with Crippen LogP contribution in [0.25, 0.3) is 0 Å². The average Bonchev–Trinajstić information content (AvgIpc) is 2.50. The molecule has 4 N–H and O–H groups in total. The fourth-order valence-electron chi connectivity index (χ4n) is 1.79. The maximum atomic E-state index is 13.1. The summed E-state index contributed by atoms with van der Waals surface area (Å²) in [6.45, 7) is 1.42. The summed E-state index contributed by atoms with van der Waals surface area (Å²) in [5.41, 5.74) is 4.80. The summed E-state index contributed by atoms with van der Waals surface area (Å²) in [5.74, 6) is -4.05. The first-order valence-corrected chi connectivity index (χ1v) is 8.57. The Morgan fingerprint density at radius 3 is 2.50 bits per heavy atom.